The number of pyridine rings is 1. The fourth-order valence-electron chi connectivity index (χ4n) is 5.80. The summed E-state index contributed by atoms with van der Waals surface area (Å²) in [4.78, 5) is 4.48. The summed E-state index contributed by atoms with van der Waals surface area (Å²) in [7, 11) is 0. The standard InChI is InChI=1S/C16H12N.C13H24O2.Ir/c1-12-7-8-14-11-17-16(10-15(14)9-12)13-5-3-2-4-6-13;1-3-8-5-6-10-7-9(4-2)13(15)11(10)12(8)14;/h2-5,7-11H,1H3;8-15H,3-7H2,1-2H3;/q-1;;/t;8-,9-,10?,11?,12?,13?;/m.0./s1. The monoisotopic (exact) mass is 623 g/mol. The molecule has 2 aliphatic carbocycles. The quantitative estimate of drug-likeness (QED) is 0.342. The number of aromatic nitrogens is 1. The van der Waals surface area contributed by atoms with Crippen molar-refractivity contribution in [2.45, 2.75) is 65.1 Å². The summed E-state index contributed by atoms with van der Waals surface area (Å²) in [5.74, 6) is 1.62. The van der Waals surface area contributed by atoms with Gasteiger partial charge in [-0.2, -0.15) is 0 Å². The summed E-state index contributed by atoms with van der Waals surface area (Å²) in [5.41, 5.74) is 3.28. The van der Waals surface area contributed by atoms with Crippen LogP contribution in [0.15, 0.2) is 54.7 Å². The maximum absolute atomic E-state index is 10.3. The number of fused-ring (bicyclic) bond motifs is 2. The number of hydrogen-bond donors (Lipinski definition) is 2. The SMILES string of the molecule is CC[C@H]1CCC2C[C@H](CC)C(O)C2C1O.Cc1ccc2cnc(-c3[c-]cccc3)cc2c1.[Ir]. The van der Waals surface area contributed by atoms with Crippen molar-refractivity contribution in [3.63, 3.8) is 0 Å². The minimum Gasteiger partial charge on any atom is -0.392 e. The van der Waals surface area contributed by atoms with Gasteiger partial charge in [-0.3, -0.25) is 0 Å². The van der Waals surface area contributed by atoms with Crippen molar-refractivity contribution in [2.24, 2.45) is 23.7 Å². The molecule has 0 aliphatic heterocycles. The van der Waals surface area contributed by atoms with Crippen molar-refractivity contribution >= 4 is 10.8 Å². The first-order chi connectivity index (χ1) is 15.5. The van der Waals surface area contributed by atoms with Gasteiger partial charge in [-0.05, 0) is 60.4 Å². The van der Waals surface area contributed by atoms with E-state index >= 15 is 0 Å². The summed E-state index contributed by atoms with van der Waals surface area (Å²) in [5, 5.41) is 22.9. The summed E-state index contributed by atoms with van der Waals surface area (Å²) in [6, 6.07) is 19.6. The van der Waals surface area contributed by atoms with Crippen LogP contribution >= 0.6 is 0 Å². The molecule has 2 aromatic carbocycles. The van der Waals surface area contributed by atoms with Gasteiger partial charge in [-0.15, -0.1) is 35.9 Å². The molecule has 2 aliphatic rings. The second kappa shape index (κ2) is 11.7. The molecule has 1 radical (unpaired) electrons. The van der Waals surface area contributed by atoms with Crippen LogP contribution in [0.1, 0.15) is 51.5 Å². The third-order valence-electron chi connectivity index (χ3n) is 7.72. The first-order valence-corrected chi connectivity index (χ1v) is 12.2. The van der Waals surface area contributed by atoms with Gasteiger partial charge in [0.05, 0.1) is 12.2 Å². The second-order valence-electron chi connectivity index (χ2n) is 9.66. The Hall–Kier alpha value is -1.58. The Morgan fingerprint density at radius 2 is 1.70 bits per heavy atom. The number of aliphatic hydroxyl groups is 2. The van der Waals surface area contributed by atoms with Gasteiger partial charge in [0.15, 0.2) is 0 Å². The molecule has 0 spiro atoms. The van der Waals surface area contributed by atoms with Crippen LogP contribution in [0.4, 0.5) is 0 Å². The predicted octanol–water partition coefficient (Wildman–Crippen LogP) is 6.20. The molecule has 0 saturated heterocycles. The van der Waals surface area contributed by atoms with Crippen LogP contribution in [0.5, 0.6) is 0 Å². The number of benzene rings is 2. The van der Waals surface area contributed by atoms with Gasteiger partial charge in [0, 0.05) is 32.2 Å². The Morgan fingerprint density at radius 1 is 0.939 bits per heavy atom. The van der Waals surface area contributed by atoms with Crippen molar-refractivity contribution in [3.05, 3.63) is 66.4 Å². The van der Waals surface area contributed by atoms with Crippen molar-refractivity contribution < 1.29 is 30.3 Å². The largest absolute Gasteiger partial charge is 0.392 e. The molecule has 33 heavy (non-hydrogen) atoms. The maximum Gasteiger partial charge on any atom is 0.0623 e. The average Bonchev–Trinajstić information content (AvgIpc) is 3.16. The first-order valence-electron chi connectivity index (χ1n) is 12.2. The van der Waals surface area contributed by atoms with Crippen LogP contribution in [-0.2, 0) is 20.1 Å². The summed E-state index contributed by atoms with van der Waals surface area (Å²) < 4.78 is 0. The topological polar surface area (TPSA) is 53.4 Å². The van der Waals surface area contributed by atoms with E-state index in [4.69, 9.17) is 0 Å². The van der Waals surface area contributed by atoms with E-state index in [1.165, 1.54) is 22.8 Å². The molecule has 1 aromatic heterocycles. The molecule has 5 rings (SSSR count). The molecule has 179 valence electrons. The van der Waals surface area contributed by atoms with Crippen LogP contribution in [0.25, 0.3) is 22.0 Å². The van der Waals surface area contributed by atoms with E-state index in [-0.39, 0.29) is 38.2 Å². The molecule has 2 saturated carbocycles. The Kier molecular flexibility index (Phi) is 9.24. The zero-order chi connectivity index (χ0) is 22.7. The van der Waals surface area contributed by atoms with E-state index < -0.39 is 0 Å². The van der Waals surface area contributed by atoms with E-state index in [0.717, 1.165) is 36.9 Å². The Bertz CT molecular complexity index is 1020. The molecule has 3 nitrogen and oxygen atoms in total. The van der Waals surface area contributed by atoms with E-state index in [2.05, 4.69) is 56.1 Å². The molecule has 3 aromatic rings. The summed E-state index contributed by atoms with van der Waals surface area (Å²) in [6.07, 6.45) is 7.03. The van der Waals surface area contributed by atoms with Crippen molar-refractivity contribution in [1.29, 1.82) is 0 Å². The molecule has 4 heteroatoms. The summed E-state index contributed by atoms with van der Waals surface area (Å²) >= 11 is 0. The van der Waals surface area contributed by atoms with Crippen LogP contribution < -0.4 is 0 Å². The van der Waals surface area contributed by atoms with Crippen LogP contribution in [0.3, 0.4) is 0 Å². The smallest absolute Gasteiger partial charge is 0.0623 e. The van der Waals surface area contributed by atoms with E-state index in [1.807, 2.05) is 30.5 Å². The number of nitrogens with zero attached hydrogens (tertiary/aromatic N) is 1. The van der Waals surface area contributed by atoms with Crippen molar-refractivity contribution in [2.75, 3.05) is 0 Å². The minimum absolute atomic E-state index is 0. The molecule has 4 unspecified atom stereocenters. The normalized spacial score (nSPS) is 28.4. The molecular weight excluding hydrogens is 587 g/mol. The van der Waals surface area contributed by atoms with Gasteiger partial charge in [0.2, 0.25) is 0 Å². The van der Waals surface area contributed by atoms with Crippen molar-refractivity contribution in [1.82, 2.24) is 4.98 Å². The Morgan fingerprint density at radius 3 is 2.39 bits per heavy atom. The second-order valence-corrected chi connectivity index (χ2v) is 9.66. The van der Waals surface area contributed by atoms with Gasteiger partial charge in [-0.25, -0.2) is 0 Å². The zero-order valence-electron chi connectivity index (χ0n) is 19.9. The molecule has 0 amide bonds. The Balaban J connectivity index is 0.000000182. The summed E-state index contributed by atoms with van der Waals surface area (Å²) in [6.45, 7) is 6.40. The van der Waals surface area contributed by atoms with E-state index in [9.17, 15) is 10.2 Å². The van der Waals surface area contributed by atoms with Gasteiger partial charge < -0.3 is 15.2 Å². The third kappa shape index (κ3) is 5.74. The molecule has 6 atom stereocenters. The first kappa shape index (κ1) is 26.0. The molecule has 0 bridgehead atoms. The van der Waals surface area contributed by atoms with Gasteiger partial charge in [-0.1, -0.05) is 56.5 Å². The third-order valence-corrected chi connectivity index (χ3v) is 7.72. The van der Waals surface area contributed by atoms with Crippen LogP contribution in [0, 0.1) is 36.7 Å². The minimum atomic E-state index is -0.250. The van der Waals surface area contributed by atoms with Crippen molar-refractivity contribution in [3.8, 4) is 11.3 Å². The number of rotatable bonds is 3. The average molecular weight is 623 g/mol. The molecule has 2 fully saturated rings. The van der Waals surface area contributed by atoms with Gasteiger partial charge >= 0.3 is 0 Å². The fourth-order valence-corrected chi connectivity index (χ4v) is 5.80. The molecule has 1 heterocycles. The zero-order valence-corrected chi connectivity index (χ0v) is 22.3. The molecule has 2 N–H and O–H groups in total. The maximum atomic E-state index is 10.3. The fraction of sp³-hybridized carbons (Fsp3) is 0.483. The van der Waals surface area contributed by atoms with Gasteiger partial charge in [0.1, 0.15) is 0 Å². The van der Waals surface area contributed by atoms with E-state index in [0.29, 0.717) is 17.8 Å². The van der Waals surface area contributed by atoms with Gasteiger partial charge in [0.25, 0.3) is 0 Å². The Labute approximate surface area is 212 Å². The number of aliphatic hydroxyl groups excluding tert-OH is 2. The number of aryl methyl sites for hydroxylation is 1. The van der Waals surface area contributed by atoms with E-state index in [1.54, 1.807) is 0 Å². The number of hydrogen-bond acceptors (Lipinski definition) is 3. The predicted molar refractivity (Wildman–Crippen MR) is 131 cm³/mol. The van der Waals surface area contributed by atoms with Crippen LogP contribution in [-0.4, -0.2) is 27.4 Å². The van der Waals surface area contributed by atoms with Crippen LogP contribution in [0.2, 0.25) is 0 Å². The molecular formula is C29H36IrNO2-.